The zero-order valence-electron chi connectivity index (χ0n) is 9.91. The Morgan fingerprint density at radius 3 is 2.31 bits per heavy atom. The Kier molecular flexibility index (Phi) is 2.69. The summed E-state index contributed by atoms with van der Waals surface area (Å²) in [4.78, 5) is 0. The molecule has 0 saturated carbocycles. The van der Waals surface area contributed by atoms with Crippen molar-refractivity contribution in [1.29, 1.82) is 0 Å². The van der Waals surface area contributed by atoms with Crippen LogP contribution in [0.25, 0.3) is 11.1 Å². The molecular weight excluding hydrogens is 196 g/mol. The lowest BCUT2D eigenvalue weighted by atomic mass is 9.95. The lowest BCUT2D eigenvalue weighted by molar-refractivity contribution is 0.471. The van der Waals surface area contributed by atoms with Gasteiger partial charge in [-0.3, -0.25) is 0 Å². The molecule has 0 aliphatic heterocycles. The lowest BCUT2D eigenvalue weighted by Gasteiger charge is -2.11. The van der Waals surface area contributed by atoms with E-state index < -0.39 is 0 Å². The predicted octanol–water partition coefficient (Wildman–Crippen LogP) is 3.98. The van der Waals surface area contributed by atoms with Gasteiger partial charge in [0.15, 0.2) is 0 Å². The molecule has 0 aliphatic rings. The fourth-order valence-corrected chi connectivity index (χ4v) is 2.03. The minimum atomic E-state index is 0.359. The molecule has 0 radical (unpaired) electrons. The van der Waals surface area contributed by atoms with Crippen LogP contribution in [0.3, 0.4) is 0 Å². The van der Waals surface area contributed by atoms with E-state index in [-0.39, 0.29) is 0 Å². The van der Waals surface area contributed by atoms with E-state index in [1.807, 2.05) is 19.1 Å². The smallest absolute Gasteiger partial charge is 0.119 e. The SMILES string of the molecule is Cc1ccc(-c2cccc(O)c2C)c(C)c1. The zero-order chi connectivity index (χ0) is 11.7. The van der Waals surface area contributed by atoms with Crippen LogP contribution in [-0.4, -0.2) is 5.11 Å². The summed E-state index contributed by atoms with van der Waals surface area (Å²) < 4.78 is 0. The van der Waals surface area contributed by atoms with E-state index in [4.69, 9.17) is 0 Å². The van der Waals surface area contributed by atoms with Crippen LogP contribution >= 0.6 is 0 Å². The molecule has 0 bridgehead atoms. The summed E-state index contributed by atoms with van der Waals surface area (Å²) in [6.07, 6.45) is 0. The average molecular weight is 212 g/mol. The Balaban J connectivity index is 2.63. The Morgan fingerprint density at radius 2 is 1.62 bits per heavy atom. The van der Waals surface area contributed by atoms with Gasteiger partial charge in [-0.1, -0.05) is 35.9 Å². The van der Waals surface area contributed by atoms with Crippen LogP contribution in [0.1, 0.15) is 16.7 Å². The molecule has 2 aromatic carbocycles. The highest BCUT2D eigenvalue weighted by atomic mass is 16.3. The van der Waals surface area contributed by atoms with E-state index in [0.29, 0.717) is 5.75 Å². The van der Waals surface area contributed by atoms with Gasteiger partial charge < -0.3 is 5.11 Å². The monoisotopic (exact) mass is 212 g/mol. The summed E-state index contributed by atoms with van der Waals surface area (Å²) in [7, 11) is 0. The quantitative estimate of drug-likeness (QED) is 0.758. The summed E-state index contributed by atoms with van der Waals surface area (Å²) in [5.41, 5.74) is 5.75. The second-order valence-electron chi connectivity index (χ2n) is 4.27. The van der Waals surface area contributed by atoms with Gasteiger partial charge in [-0.2, -0.15) is 0 Å². The van der Waals surface area contributed by atoms with E-state index >= 15 is 0 Å². The number of hydrogen-bond donors (Lipinski definition) is 1. The molecule has 0 unspecified atom stereocenters. The molecule has 0 saturated heterocycles. The molecule has 0 aromatic heterocycles. The number of aromatic hydroxyl groups is 1. The van der Waals surface area contributed by atoms with Crippen molar-refractivity contribution in [1.82, 2.24) is 0 Å². The maximum atomic E-state index is 9.71. The average Bonchev–Trinajstić information content (AvgIpc) is 2.23. The fourth-order valence-electron chi connectivity index (χ4n) is 2.03. The molecule has 16 heavy (non-hydrogen) atoms. The van der Waals surface area contributed by atoms with Crippen LogP contribution in [0.4, 0.5) is 0 Å². The maximum Gasteiger partial charge on any atom is 0.119 e. The Labute approximate surface area is 96.4 Å². The van der Waals surface area contributed by atoms with Gasteiger partial charge in [-0.15, -0.1) is 0 Å². The highest BCUT2D eigenvalue weighted by Gasteiger charge is 2.07. The van der Waals surface area contributed by atoms with Gasteiger partial charge in [0.25, 0.3) is 0 Å². The highest BCUT2D eigenvalue weighted by molar-refractivity contribution is 5.72. The van der Waals surface area contributed by atoms with Gasteiger partial charge >= 0.3 is 0 Å². The first-order valence-electron chi connectivity index (χ1n) is 5.46. The molecule has 82 valence electrons. The molecule has 2 aromatic rings. The standard InChI is InChI=1S/C15H16O/c1-10-7-8-13(11(2)9-10)14-5-4-6-15(16)12(14)3/h4-9,16H,1-3H3. The van der Waals surface area contributed by atoms with Gasteiger partial charge in [0.1, 0.15) is 5.75 Å². The van der Waals surface area contributed by atoms with Gasteiger partial charge in [-0.25, -0.2) is 0 Å². The van der Waals surface area contributed by atoms with Crippen molar-refractivity contribution in [2.75, 3.05) is 0 Å². The van der Waals surface area contributed by atoms with Gasteiger partial charge in [-0.05, 0) is 49.1 Å². The topological polar surface area (TPSA) is 20.2 Å². The van der Waals surface area contributed by atoms with Gasteiger partial charge in [0.05, 0.1) is 0 Å². The summed E-state index contributed by atoms with van der Waals surface area (Å²) >= 11 is 0. The fraction of sp³-hybridized carbons (Fsp3) is 0.200. The van der Waals surface area contributed by atoms with Crippen molar-refractivity contribution < 1.29 is 5.11 Å². The molecule has 0 fully saturated rings. The molecule has 0 spiro atoms. The number of rotatable bonds is 1. The molecule has 0 heterocycles. The molecule has 2 rings (SSSR count). The van der Waals surface area contributed by atoms with Crippen LogP contribution in [-0.2, 0) is 0 Å². The third-order valence-electron chi connectivity index (χ3n) is 2.98. The van der Waals surface area contributed by atoms with E-state index in [1.165, 1.54) is 16.7 Å². The lowest BCUT2D eigenvalue weighted by Crippen LogP contribution is -1.88. The van der Waals surface area contributed by atoms with Crippen molar-refractivity contribution >= 4 is 0 Å². The van der Waals surface area contributed by atoms with E-state index in [9.17, 15) is 5.11 Å². The number of hydrogen-bond acceptors (Lipinski definition) is 1. The Bertz CT molecular complexity index is 527. The third-order valence-corrected chi connectivity index (χ3v) is 2.98. The van der Waals surface area contributed by atoms with E-state index in [1.54, 1.807) is 6.07 Å². The molecule has 0 atom stereocenters. The Hall–Kier alpha value is -1.76. The first-order valence-corrected chi connectivity index (χ1v) is 5.46. The van der Waals surface area contributed by atoms with Crippen LogP contribution in [0.15, 0.2) is 36.4 Å². The molecule has 0 amide bonds. The first-order chi connectivity index (χ1) is 7.59. The van der Waals surface area contributed by atoms with Crippen LogP contribution in [0.5, 0.6) is 5.75 Å². The Morgan fingerprint density at radius 1 is 0.875 bits per heavy atom. The maximum absolute atomic E-state index is 9.71. The minimum Gasteiger partial charge on any atom is -0.508 e. The van der Waals surface area contributed by atoms with Crippen molar-refractivity contribution in [3.63, 3.8) is 0 Å². The summed E-state index contributed by atoms with van der Waals surface area (Å²) in [5, 5.41) is 9.71. The number of benzene rings is 2. The predicted molar refractivity (Wildman–Crippen MR) is 67.8 cm³/mol. The number of phenolic OH excluding ortho intramolecular Hbond substituents is 1. The van der Waals surface area contributed by atoms with Crippen molar-refractivity contribution in [2.24, 2.45) is 0 Å². The normalized spacial score (nSPS) is 10.4. The first kappa shape index (κ1) is 10.7. The zero-order valence-corrected chi connectivity index (χ0v) is 9.91. The number of aryl methyl sites for hydroxylation is 2. The van der Waals surface area contributed by atoms with Gasteiger partial charge in [0.2, 0.25) is 0 Å². The molecule has 1 nitrogen and oxygen atoms in total. The summed E-state index contributed by atoms with van der Waals surface area (Å²) in [5.74, 6) is 0.359. The second kappa shape index (κ2) is 4.01. The van der Waals surface area contributed by atoms with Gasteiger partial charge in [0, 0.05) is 0 Å². The summed E-state index contributed by atoms with van der Waals surface area (Å²) in [6, 6.07) is 12.0. The largest absolute Gasteiger partial charge is 0.508 e. The van der Waals surface area contributed by atoms with Crippen molar-refractivity contribution in [2.45, 2.75) is 20.8 Å². The minimum absolute atomic E-state index is 0.359. The van der Waals surface area contributed by atoms with E-state index in [2.05, 4.69) is 32.0 Å². The van der Waals surface area contributed by atoms with E-state index in [0.717, 1.165) is 11.1 Å². The molecule has 1 heteroatoms. The number of phenols is 1. The molecule has 1 N–H and O–H groups in total. The molecular formula is C15H16O. The van der Waals surface area contributed by atoms with Crippen molar-refractivity contribution in [3.8, 4) is 16.9 Å². The van der Waals surface area contributed by atoms with Crippen molar-refractivity contribution in [3.05, 3.63) is 53.1 Å². The molecule has 0 aliphatic carbocycles. The van der Waals surface area contributed by atoms with Crippen LogP contribution < -0.4 is 0 Å². The van der Waals surface area contributed by atoms with Crippen LogP contribution in [0.2, 0.25) is 0 Å². The highest BCUT2D eigenvalue weighted by Crippen LogP contribution is 2.31. The summed E-state index contributed by atoms with van der Waals surface area (Å²) in [6.45, 7) is 6.14. The van der Waals surface area contributed by atoms with Crippen LogP contribution in [0, 0.1) is 20.8 Å². The second-order valence-corrected chi connectivity index (χ2v) is 4.27. The third kappa shape index (κ3) is 1.81.